The van der Waals surface area contributed by atoms with E-state index in [0.29, 0.717) is 47.3 Å². The van der Waals surface area contributed by atoms with E-state index in [4.69, 9.17) is 0 Å². The lowest BCUT2D eigenvalue weighted by molar-refractivity contribution is -0.155. The molecular formula is C25H44F2. The lowest BCUT2D eigenvalue weighted by Gasteiger charge is -2.56. The quantitative estimate of drug-likeness (QED) is 0.451. The zero-order valence-electron chi connectivity index (χ0n) is 18.7. The van der Waals surface area contributed by atoms with E-state index in [1.165, 1.54) is 38.5 Å². The minimum Gasteiger partial charge on any atom is -0.207 e. The van der Waals surface area contributed by atoms with E-state index < -0.39 is 5.92 Å². The highest BCUT2D eigenvalue weighted by atomic mass is 19.3. The van der Waals surface area contributed by atoms with Gasteiger partial charge in [-0.25, -0.2) is 8.78 Å². The molecule has 3 aliphatic rings. The van der Waals surface area contributed by atoms with Crippen molar-refractivity contribution >= 4 is 0 Å². The molecule has 7 atom stereocenters. The Morgan fingerprint density at radius 2 is 1.07 bits per heavy atom. The molecule has 3 fully saturated rings. The molecule has 0 heterocycles. The monoisotopic (exact) mass is 382 g/mol. The predicted octanol–water partition coefficient (Wildman–Crippen LogP) is 8.06. The van der Waals surface area contributed by atoms with Gasteiger partial charge in [0.05, 0.1) is 0 Å². The highest BCUT2D eigenvalue weighted by Crippen LogP contribution is 2.59. The Labute approximate surface area is 167 Å². The molecule has 0 saturated heterocycles. The van der Waals surface area contributed by atoms with Crippen LogP contribution in [0.1, 0.15) is 92.9 Å². The number of halogens is 2. The van der Waals surface area contributed by atoms with E-state index >= 15 is 8.78 Å². The van der Waals surface area contributed by atoms with Crippen molar-refractivity contribution in [3.8, 4) is 0 Å². The second-order valence-electron chi connectivity index (χ2n) is 11.4. The van der Waals surface area contributed by atoms with Gasteiger partial charge in [0.25, 0.3) is 0 Å². The van der Waals surface area contributed by atoms with Gasteiger partial charge in [-0.05, 0) is 84.9 Å². The van der Waals surface area contributed by atoms with Crippen LogP contribution in [0.5, 0.6) is 0 Å². The molecule has 0 bridgehead atoms. The Morgan fingerprint density at radius 1 is 0.593 bits per heavy atom. The van der Waals surface area contributed by atoms with Crippen molar-refractivity contribution in [2.24, 2.45) is 59.2 Å². The maximum Gasteiger partial charge on any atom is 0.248 e. The number of rotatable bonds is 5. The fourth-order valence-corrected chi connectivity index (χ4v) is 7.68. The second kappa shape index (κ2) is 8.31. The van der Waals surface area contributed by atoms with Crippen molar-refractivity contribution in [3.63, 3.8) is 0 Å². The molecule has 2 heteroatoms. The average Bonchev–Trinajstić information content (AvgIpc) is 2.51. The summed E-state index contributed by atoms with van der Waals surface area (Å²) in [6.45, 7) is 13.9. The first-order valence-electron chi connectivity index (χ1n) is 12.0. The first-order chi connectivity index (χ1) is 12.6. The van der Waals surface area contributed by atoms with E-state index in [1.54, 1.807) is 0 Å². The van der Waals surface area contributed by atoms with Gasteiger partial charge in [0.2, 0.25) is 5.92 Å². The third kappa shape index (κ3) is 4.40. The van der Waals surface area contributed by atoms with Gasteiger partial charge in [0, 0.05) is 12.8 Å². The Bertz CT molecular complexity index is 481. The van der Waals surface area contributed by atoms with Crippen LogP contribution in [0, 0.1) is 59.2 Å². The fraction of sp³-hybridized carbons (Fsp3) is 1.00. The third-order valence-electron chi connectivity index (χ3n) is 8.90. The van der Waals surface area contributed by atoms with Crippen LogP contribution in [0.15, 0.2) is 0 Å². The van der Waals surface area contributed by atoms with E-state index in [-0.39, 0.29) is 24.7 Å². The van der Waals surface area contributed by atoms with Gasteiger partial charge in [-0.15, -0.1) is 0 Å². The lowest BCUT2D eigenvalue weighted by Crippen LogP contribution is -2.52. The Hall–Kier alpha value is -0.140. The minimum absolute atomic E-state index is 0.166. The van der Waals surface area contributed by atoms with Crippen molar-refractivity contribution in [3.05, 3.63) is 0 Å². The van der Waals surface area contributed by atoms with Crippen LogP contribution < -0.4 is 0 Å². The molecule has 0 aromatic heterocycles. The van der Waals surface area contributed by atoms with Gasteiger partial charge >= 0.3 is 0 Å². The van der Waals surface area contributed by atoms with Crippen LogP contribution in [0.4, 0.5) is 8.78 Å². The molecule has 0 spiro atoms. The summed E-state index contributed by atoms with van der Waals surface area (Å²) in [7, 11) is 0. The van der Waals surface area contributed by atoms with E-state index in [9.17, 15) is 0 Å². The van der Waals surface area contributed by atoms with Gasteiger partial charge in [-0.2, -0.15) is 0 Å². The van der Waals surface area contributed by atoms with E-state index in [1.807, 2.05) is 0 Å². The Balaban J connectivity index is 1.91. The summed E-state index contributed by atoms with van der Waals surface area (Å²) in [4.78, 5) is 0. The van der Waals surface area contributed by atoms with Gasteiger partial charge in [0.15, 0.2) is 0 Å². The lowest BCUT2D eigenvalue weighted by atomic mass is 9.50. The normalized spacial score (nSPS) is 42.6. The van der Waals surface area contributed by atoms with E-state index in [2.05, 4.69) is 41.5 Å². The maximum atomic E-state index is 15.1. The second-order valence-corrected chi connectivity index (χ2v) is 11.4. The molecule has 0 nitrogen and oxygen atoms in total. The zero-order valence-corrected chi connectivity index (χ0v) is 18.7. The first-order valence-corrected chi connectivity index (χ1v) is 12.0. The summed E-state index contributed by atoms with van der Waals surface area (Å²) in [5.41, 5.74) is 0. The van der Waals surface area contributed by atoms with Crippen LogP contribution in [0.2, 0.25) is 0 Å². The van der Waals surface area contributed by atoms with Crippen LogP contribution in [0.3, 0.4) is 0 Å². The highest BCUT2D eigenvalue weighted by Gasteiger charge is 2.55. The minimum atomic E-state index is -2.45. The summed E-state index contributed by atoms with van der Waals surface area (Å²) in [6.07, 6.45) is 7.80. The highest BCUT2D eigenvalue weighted by molar-refractivity contribution is 5.01. The van der Waals surface area contributed by atoms with Crippen LogP contribution in [-0.2, 0) is 0 Å². The van der Waals surface area contributed by atoms with Crippen LogP contribution in [0.25, 0.3) is 0 Å². The number of hydrogen-bond acceptors (Lipinski definition) is 0. The molecule has 3 saturated carbocycles. The Kier molecular flexibility index (Phi) is 6.64. The fourth-order valence-electron chi connectivity index (χ4n) is 7.68. The molecule has 0 radical (unpaired) electrons. The molecule has 0 aromatic carbocycles. The largest absolute Gasteiger partial charge is 0.248 e. The summed E-state index contributed by atoms with van der Waals surface area (Å²) >= 11 is 0. The molecule has 0 aromatic rings. The first kappa shape index (κ1) is 21.6. The maximum absolute atomic E-state index is 15.1. The molecule has 3 rings (SSSR count). The molecule has 0 amide bonds. The average molecular weight is 383 g/mol. The molecule has 0 aliphatic heterocycles. The molecular weight excluding hydrogens is 338 g/mol. The molecule has 158 valence electrons. The van der Waals surface area contributed by atoms with Gasteiger partial charge in [-0.1, -0.05) is 54.4 Å². The van der Waals surface area contributed by atoms with Crippen LogP contribution >= 0.6 is 0 Å². The SMILES string of the molecule is CC(C)C1CCCCC1C1CC(F)(F)CC(C2CCC2C(C)C)C1C(C)C. The van der Waals surface area contributed by atoms with Crippen molar-refractivity contribution in [1.82, 2.24) is 0 Å². The summed E-state index contributed by atoms with van der Waals surface area (Å²) in [6, 6.07) is 0. The van der Waals surface area contributed by atoms with E-state index in [0.717, 1.165) is 0 Å². The summed E-state index contributed by atoms with van der Waals surface area (Å²) < 4.78 is 30.1. The van der Waals surface area contributed by atoms with Gasteiger partial charge in [0.1, 0.15) is 0 Å². The smallest absolute Gasteiger partial charge is 0.207 e. The number of alkyl halides is 2. The van der Waals surface area contributed by atoms with Crippen molar-refractivity contribution < 1.29 is 8.78 Å². The Morgan fingerprint density at radius 3 is 1.52 bits per heavy atom. The third-order valence-corrected chi connectivity index (χ3v) is 8.90. The van der Waals surface area contributed by atoms with Crippen molar-refractivity contribution in [1.29, 1.82) is 0 Å². The predicted molar refractivity (Wildman–Crippen MR) is 111 cm³/mol. The standard InChI is InChI=1S/C25H44F2/c1-15(2)18-9-7-8-10-20(18)22-13-25(26,27)14-23(24(22)17(5)6)21-12-11-19(21)16(3)4/h15-24H,7-14H2,1-6H3. The molecule has 27 heavy (non-hydrogen) atoms. The topological polar surface area (TPSA) is 0 Å². The van der Waals surface area contributed by atoms with Gasteiger partial charge in [-0.3, -0.25) is 0 Å². The van der Waals surface area contributed by atoms with Crippen LogP contribution in [-0.4, -0.2) is 5.92 Å². The zero-order chi connectivity index (χ0) is 19.9. The molecule has 7 unspecified atom stereocenters. The summed E-state index contributed by atoms with van der Waals surface area (Å²) in [5.74, 6) is 2.74. The molecule has 0 N–H and O–H groups in total. The summed E-state index contributed by atoms with van der Waals surface area (Å²) in [5, 5.41) is 0. The van der Waals surface area contributed by atoms with Gasteiger partial charge < -0.3 is 0 Å². The number of hydrogen-bond donors (Lipinski definition) is 0. The molecule has 3 aliphatic carbocycles. The van der Waals surface area contributed by atoms with Crippen molar-refractivity contribution in [2.45, 2.75) is 98.8 Å². The van der Waals surface area contributed by atoms with Crippen molar-refractivity contribution in [2.75, 3.05) is 0 Å².